The second-order valence-electron chi connectivity index (χ2n) is 8.02. The van der Waals surface area contributed by atoms with Crippen LogP contribution in [0.15, 0.2) is 126 Å². The van der Waals surface area contributed by atoms with Gasteiger partial charge >= 0.3 is 0 Å². The number of allylic oxidation sites excluding steroid dienone is 11. The monoisotopic (exact) mass is 548 g/mol. The van der Waals surface area contributed by atoms with Gasteiger partial charge in [0, 0.05) is 23.0 Å². The third-order valence-corrected chi connectivity index (χ3v) is 5.61. The first-order valence-corrected chi connectivity index (χ1v) is 12.7. The van der Waals surface area contributed by atoms with Crippen molar-refractivity contribution in [1.82, 2.24) is 0 Å². The summed E-state index contributed by atoms with van der Waals surface area (Å²) in [6.07, 6.45) is 24.0. The molecule has 1 aliphatic rings. The third-order valence-electron chi connectivity index (χ3n) is 5.06. The van der Waals surface area contributed by atoms with E-state index in [0.29, 0.717) is 21.3 Å². The molecule has 2 aromatic rings. The Balaban J connectivity index is 0.000000538. The smallest absolute Gasteiger partial charge is 0.164 e. The normalized spacial score (nSPS) is 14.7. The molecule has 0 radical (unpaired) electrons. The number of rotatable bonds is 7. The highest BCUT2D eigenvalue weighted by atomic mass is 35.5. The molecular formula is C32H31Cl2FN2O. The Bertz CT molecular complexity index is 1340. The molecule has 0 fully saturated rings. The summed E-state index contributed by atoms with van der Waals surface area (Å²) in [5, 5.41) is 10.4. The van der Waals surface area contributed by atoms with Gasteiger partial charge < -0.3 is 10.8 Å². The van der Waals surface area contributed by atoms with E-state index >= 15 is 0 Å². The molecule has 2 aromatic carbocycles. The van der Waals surface area contributed by atoms with E-state index in [-0.39, 0.29) is 0 Å². The van der Waals surface area contributed by atoms with E-state index in [9.17, 15) is 9.50 Å². The molecule has 196 valence electrons. The van der Waals surface area contributed by atoms with Gasteiger partial charge in [-0.1, -0.05) is 102 Å². The predicted octanol–water partition coefficient (Wildman–Crippen LogP) is 9.81. The number of nitrogens with two attached hydrogens (primary N) is 1. The molecule has 0 aliphatic heterocycles. The molecule has 0 amide bonds. The first-order valence-electron chi connectivity index (χ1n) is 11.9. The van der Waals surface area contributed by atoms with Crippen LogP contribution in [0.25, 0.3) is 17.8 Å². The number of aliphatic hydroxyl groups is 1. The van der Waals surface area contributed by atoms with Crippen molar-refractivity contribution in [2.75, 3.05) is 0 Å². The Morgan fingerprint density at radius 1 is 1.03 bits per heavy atom. The molecule has 0 aromatic heterocycles. The highest BCUT2D eigenvalue weighted by Crippen LogP contribution is 2.27. The fourth-order valence-corrected chi connectivity index (χ4v) is 3.58. The van der Waals surface area contributed by atoms with Gasteiger partial charge in [-0.05, 0) is 67.8 Å². The molecule has 1 aliphatic carbocycles. The van der Waals surface area contributed by atoms with E-state index in [1.807, 2.05) is 30.3 Å². The Morgan fingerprint density at radius 2 is 1.74 bits per heavy atom. The summed E-state index contributed by atoms with van der Waals surface area (Å²) in [6, 6.07) is 12.6. The lowest BCUT2D eigenvalue weighted by Crippen LogP contribution is -1.89. The molecule has 0 bridgehead atoms. The zero-order chi connectivity index (χ0) is 27.8. The molecule has 0 saturated carbocycles. The Kier molecular flexibility index (Phi) is 13.4. The van der Waals surface area contributed by atoms with Gasteiger partial charge in [0.2, 0.25) is 0 Å². The van der Waals surface area contributed by atoms with Gasteiger partial charge in [0.05, 0.1) is 10.7 Å². The highest BCUT2D eigenvalue weighted by molar-refractivity contribution is 6.35. The standard InChI is InChI=1S/C24H21Cl2FN2O.C8H10/c1-2-4-24(30)22(27)13-10-18-8-6-17(7-9-18)5-3-14-29-23(16-28)20-12-11-19(25)15-21(20)26;1-8-6-4-2-3-5-7-8/h2-16,30H,28H2,1H3;2-4,6-7H,5H2,1H3/b4-2-,5-3+,13-10+,23-16-,24-22-,29-14+;. The number of halogens is 3. The quantitative estimate of drug-likeness (QED) is 0.205. The van der Waals surface area contributed by atoms with Crippen LogP contribution >= 0.6 is 23.2 Å². The molecule has 6 heteroatoms. The van der Waals surface area contributed by atoms with Gasteiger partial charge in [0.15, 0.2) is 11.6 Å². The zero-order valence-corrected chi connectivity index (χ0v) is 22.9. The minimum Gasteiger partial charge on any atom is -0.505 e. The molecule has 0 spiro atoms. The number of aliphatic imine (C=N–C) groups is 1. The maximum absolute atomic E-state index is 13.7. The van der Waals surface area contributed by atoms with Gasteiger partial charge in [-0.3, -0.25) is 4.99 Å². The maximum Gasteiger partial charge on any atom is 0.164 e. The SMILES string of the molecule is CC1=CCC=CC=C1.C\C=C/C(O)=C(F)\C=C\c1ccc(/C=C/C=N/C(=C\N)c2ccc(Cl)cc2Cl)cc1. The van der Waals surface area contributed by atoms with Crippen LogP contribution in [-0.2, 0) is 0 Å². The second-order valence-corrected chi connectivity index (χ2v) is 8.86. The number of benzene rings is 2. The van der Waals surface area contributed by atoms with Crippen molar-refractivity contribution < 1.29 is 9.50 Å². The molecule has 3 N–H and O–H groups in total. The van der Waals surface area contributed by atoms with Crippen molar-refractivity contribution in [1.29, 1.82) is 0 Å². The van der Waals surface area contributed by atoms with Crippen LogP contribution in [0.2, 0.25) is 10.0 Å². The highest BCUT2D eigenvalue weighted by Gasteiger charge is 2.05. The summed E-state index contributed by atoms with van der Waals surface area (Å²) in [6.45, 7) is 3.81. The summed E-state index contributed by atoms with van der Waals surface area (Å²) >= 11 is 12.1. The molecule has 38 heavy (non-hydrogen) atoms. The number of hydrogen-bond donors (Lipinski definition) is 2. The summed E-state index contributed by atoms with van der Waals surface area (Å²) in [4.78, 5) is 4.33. The van der Waals surface area contributed by atoms with E-state index < -0.39 is 11.6 Å². The summed E-state index contributed by atoms with van der Waals surface area (Å²) in [7, 11) is 0. The van der Waals surface area contributed by atoms with Crippen molar-refractivity contribution in [3.8, 4) is 0 Å². The topological polar surface area (TPSA) is 58.6 Å². The lowest BCUT2D eigenvalue weighted by molar-refractivity contribution is 0.406. The van der Waals surface area contributed by atoms with Crippen molar-refractivity contribution in [2.24, 2.45) is 10.7 Å². The first-order chi connectivity index (χ1) is 18.3. The second kappa shape index (κ2) is 16.8. The van der Waals surface area contributed by atoms with Crippen LogP contribution < -0.4 is 5.73 Å². The van der Waals surface area contributed by atoms with E-state index in [4.69, 9.17) is 28.9 Å². The van der Waals surface area contributed by atoms with E-state index in [2.05, 4.69) is 42.3 Å². The molecular weight excluding hydrogens is 518 g/mol. The lowest BCUT2D eigenvalue weighted by atomic mass is 10.1. The third kappa shape index (κ3) is 11.0. The van der Waals surface area contributed by atoms with Crippen LogP contribution in [0.4, 0.5) is 4.39 Å². The molecule has 3 rings (SSSR count). The fraction of sp³-hybridized carbons (Fsp3) is 0.0938. The van der Waals surface area contributed by atoms with Crippen molar-refractivity contribution in [3.05, 3.63) is 147 Å². The maximum atomic E-state index is 13.7. The van der Waals surface area contributed by atoms with Gasteiger partial charge in [-0.15, -0.1) is 0 Å². The van der Waals surface area contributed by atoms with Gasteiger partial charge in [-0.25, -0.2) is 4.39 Å². The first kappa shape index (κ1) is 30.4. The molecule has 0 unspecified atom stereocenters. The van der Waals surface area contributed by atoms with Crippen LogP contribution in [0, 0.1) is 0 Å². The van der Waals surface area contributed by atoms with Crippen molar-refractivity contribution in [3.63, 3.8) is 0 Å². The summed E-state index contributed by atoms with van der Waals surface area (Å²) in [5.41, 5.74) is 9.97. The number of nitrogens with zero attached hydrogens (tertiary/aromatic N) is 1. The van der Waals surface area contributed by atoms with E-state index in [1.54, 1.807) is 49.6 Å². The fourth-order valence-electron chi connectivity index (χ4n) is 3.07. The average Bonchev–Trinajstić information content (AvgIpc) is 3.16. The lowest BCUT2D eigenvalue weighted by Gasteiger charge is -2.04. The minimum absolute atomic E-state index is 0.404. The molecule has 0 saturated heterocycles. The molecule has 0 heterocycles. The van der Waals surface area contributed by atoms with Crippen LogP contribution in [0.1, 0.15) is 37.0 Å². The van der Waals surface area contributed by atoms with Gasteiger partial charge in [-0.2, -0.15) is 0 Å². The van der Waals surface area contributed by atoms with Gasteiger partial charge in [0.25, 0.3) is 0 Å². The zero-order valence-electron chi connectivity index (χ0n) is 21.4. The Hall–Kier alpha value is -3.86. The van der Waals surface area contributed by atoms with E-state index in [1.165, 1.54) is 23.9 Å². The molecule has 3 nitrogen and oxygen atoms in total. The number of aliphatic hydroxyl groups excluding tert-OH is 1. The summed E-state index contributed by atoms with van der Waals surface area (Å²) < 4.78 is 13.7. The van der Waals surface area contributed by atoms with Crippen LogP contribution in [0.3, 0.4) is 0 Å². The van der Waals surface area contributed by atoms with E-state index in [0.717, 1.165) is 17.5 Å². The Morgan fingerprint density at radius 3 is 2.39 bits per heavy atom. The summed E-state index contributed by atoms with van der Waals surface area (Å²) in [5.74, 6) is -1.10. The Labute approximate surface area is 234 Å². The van der Waals surface area contributed by atoms with Crippen LogP contribution in [0.5, 0.6) is 0 Å². The molecule has 0 atom stereocenters. The van der Waals surface area contributed by atoms with Crippen molar-refractivity contribution >= 4 is 47.3 Å². The predicted molar refractivity (Wildman–Crippen MR) is 164 cm³/mol. The largest absolute Gasteiger partial charge is 0.505 e. The van der Waals surface area contributed by atoms with Crippen LogP contribution in [-0.4, -0.2) is 11.3 Å². The van der Waals surface area contributed by atoms with Gasteiger partial charge in [0.1, 0.15) is 0 Å². The minimum atomic E-state index is -0.696. The van der Waals surface area contributed by atoms with Crippen molar-refractivity contribution in [2.45, 2.75) is 20.3 Å². The number of hydrogen-bond acceptors (Lipinski definition) is 3. The average molecular weight is 550 g/mol.